The van der Waals surface area contributed by atoms with Crippen LogP contribution in [0.25, 0.3) is 10.9 Å². The van der Waals surface area contributed by atoms with E-state index in [1.807, 2.05) is 23.1 Å². The van der Waals surface area contributed by atoms with Crippen LogP contribution in [0.15, 0.2) is 36.5 Å². The number of carboxylic acids is 1. The zero-order valence-corrected chi connectivity index (χ0v) is 24.7. The number of fused-ring (bicyclic) bond motifs is 1. The molecule has 238 valence electrons. The number of halogens is 3. The third-order valence-corrected chi connectivity index (χ3v) is 8.82. The SMILES string of the molecule is COc1ccc2ncc(CN3CCOCC3)c(C(O)CCC3(C(=O)O)CCN(CCOc4cc(F)cc(F)c4F)CC3)c2c1. The summed E-state index contributed by atoms with van der Waals surface area (Å²) in [7, 11) is 1.58. The number of carbonyl (C=O) groups is 1. The molecule has 3 aromatic rings. The maximum atomic E-state index is 13.9. The highest BCUT2D eigenvalue weighted by Gasteiger charge is 2.41. The first-order valence-corrected chi connectivity index (χ1v) is 14.9. The van der Waals surface area contributed by atoms with Crippen molar-refractivity contribution in [3.05, 3.63) is 65.1 Å². The Labute approximate surface area is 254 Å². The molecule has 1 atom stereocenters. The second-order valence-corrected chi connectivity index (χ2v) is 11.5. The molecule has 1 unspecified atom stereocenters. The second kappa shape index (κ2) is 14.1. The third-order valence-electron chi connectivity index (χ3n) is 8.82. The minimum absolute atomic E-state index is 0.0108. The molecule has 2 aliphatic rings. The van der Waals surface area contributed by atoms with Crippen molar-refractivity contribution in [1.29, 1.82) is 0 Å². The van der Waals surface area contributed by atoms with Crippen LogP contribution in [0.2, 0.25) is 0 Å². The number of piperidine rings is 1. The monoisotopic (exact) mass is 617 g/mol. The van der Waals surface area contributed by atoms with Crippen LogP contribution in [0.1, 0.15) is 42.9 Å². The van der Waals surface area contributed by atoms with E-state index in [0.29, 0.717) is 64.1 Å². The molecule has 9 nitrogen and oxygen atoms in total. The van der Waals surface area contributed by atoms with Crippen LogP contribution in [0.3, 0.4) is 0 Å². The maximum absolute atomic E-state index is 13.9. The fourth-order valence-electron chi connectivity index (χ4n) is 6.14. The lowest BCUT2D eigenvalue weighted by molar-refractivity contribution is -0.153. The lowest BCUT2D eigenvalue weighted by atomic mass is 9.74. The second-order valence-electron chi connectivity index (χ2n) is 11.5. The average molecular weight is 618 g/mol. The molecule has 2 N–H and O–H groups in total. The summed E-state index contributed by atoms with van der Waals surface area (Å²) in [5.41, 5.74) is 1.31. The largest absolute Gasteiger partial charge is 0.497 e. The van der Waals surface area contributed by atoms with Crippen molar-refractivity contribution in [2.75, 3.05) is 59.7 Å². The molecule has 0 aliphatic carbocycles. The van der Waals surface area contributed by atoms with Gasteiger partial charge in [-0.05, 0) is 68.1 Å². The van der Waals surface area contributed by atoms with Crippen molar-refractivity contribution < 1.29 is 42.4 Å². The highest BCUT2D eigenvalue weighted by Crippen LogP contribution is 2.40. The maximum Gasteiger partial charge on any atom is 0.309 e. The van der Waals surface area contributed by atoms with E-state index in [9.17, 15) is 28.2 Å². The van der Waals surface area contributed by atoms with E-state index in [2.05, 4.69) is 9.88 Å². The first-order valence-electron chi connectivity index (χ1n) is 14.9. The molecule has 2 fully saturated rings. The van der Waals surface area contributed by atoms with Crippen LogP contribution in [0.5, 0.6) is 11.5 Å². The normalized spacial score (nSPS) is 18.3. The minimum Gasteiger partial charge on any atom is -0.497 e. The Balaban J connectivity index is 1.25. The Morgan fingerprint density at radius 2 is 1.84 bits per heavy atom. The molecule has 2 aliphatic heterocycles. The van der Waals surface area contributed by atoms with Crippen molar-refractivity contribution in [3.63, 3.8) is 0 Å². The van der Waals surface area contributed by atoms with Gasteiger partial charge in [-0.1, -0.05) is 0 Å². The predicted molar refractivity (Wildman–Crippen MR) is 156 cm³/mol. The number of carboxylic acid groups (broad SMARTS) is 1. The van der Waals surface area contributed by atoms with Crippen LogP contribution < -0.4 is 9.47 Å². The highest BCUT2D eigenvalue weighted by atomic mass is 19.2. The molecule has 12 heteroatoms. The number of aliphatic hydroxyl groups is 1. The summed E-state index contributed by atoms with van der Waals surface area (Å²) in [6.07, 6.45) is 2.08. The molecular weight excluding hydrogens is 579 g/mol. The van der Waals surface area contributed by atoms with Crippen LogP contribution in [-0.4, -0.2) is 90.6 Å². The van der Waals surface area contributed by atoms with E-state index >= 15 is 0 Å². The number of methoxy groups -OCH3 is 1. The molecule has 1 aromatic heterocycles. The molecule has 0 spiro atoms. The Hall–Kier alpha value is -3.45. The number of benzene rings is 2. The van der Waals surface area contributed by atoms with Crippen molar-refractivity contribution in [1.82, 2.24) is 14.8 Å². The molecule has 5 rings (SSSR count). The zero-order chi connectivity index (χ0) is 31.3. The van der Waals surface area contributed by atoms with Gasteiger partial charge in [-0.2, -0.15) is 4.39 Å². The lowest BCUT2D eigenvalue weighted by Crippen LogP contribution is -2.45. The number of hydrogen-bond acceptors (Lipinski definition) is 8. The van der Waals surface area contributed by atoms with Crippen LogP contribution in [-0.2, 0) is 16.1 Å². The molecule has 0 bridgehead atoms. The van der Waals surface area contributed by atoms with Gasteiger partial charge in [0.25, 0.3) is 0 Å². The molecule has 0 radical (unpaired) electrons. The van der Waals surface area contributed by atoms with E-state index in [1.54, 1.807) is 13.3 Å². The van der Waals surface area contributed by atoms with Gasteiger partial charge >= 0.3 is 5.97 Å². The van der Waals surface area contributed by atoms with Crippen LogP contribution in [0, 0.1) is 22.9 Å². The summed E-state index contributed by atoms with van der Waals surface area (Å²) in [6, 6.07) is 6.78. The van der Waals surface area contributed by atoms with Crippen molar-refractivity contribution >= 4 is 16.9 Å². The Morgan fingerprint density at radius 1 is 1.09 bits per heavy atom. The predicted octanol–water partition coefficient (Wildman–Crippen LogP) is 4.55. The van der Waals surface area contributed by atoms with E-state index in [1.165, 1.54) is 0 Å². The number of rotatable bonds is 12. The number of pyridine rings is 1. The number of hydrogen-bond donors (Lipinski definition) is 2. The molecule has 44 heavy (non-hydrogen) atoms. The number of aliphatic carboxylic acids is 1. The van der Waals surface area contributed by atoms with Crippen molar-refractivity contribution in [2.24, 2.45) is 5.41 Å². The molecule has 0 amide bonds. The van der Waals surface area contributed by atoms with Gasteiger partial charge in [0, 0.05) is 49.9 Å². The van der Waals surface area contributed by atoms with Gasteiger partial charge in [0.1, 0.15) is 18.2 Å². The molecule has 2 aromatic carbocycles. The fourth-order valence-corrected chi connectivity index (χ4v) is 6.14. The number of aromatic nitrogens is 1. The summed E-state index contributed by atoms with van der Waals surface area (Å²) >= 11 is 0. The summed E-state index contributed by atoms with van der Waals surface area (Å²) in [6.45, 7) is 4.62. The van der Waals surface area contributed by atoms with Gasteiger partial charge in [0.2, 0.25) is 5.82 Å². The first-order chi connectivity index (χ1) is 21.2. The summed E-state index contributed by atoms with van der Waals surface area (Å²) in [4.78, 5) is 21.4. The van der Waals surface area contributed by atoms with Crippen molar-refractivity contribution in [3.8, 4) is 11.5 Å². The fraction of sp³-hybridized carbons (Fsp3) is 0.500. The van der Waals surface area contributed by atoms with Gasteiger partial charge in [-0.25, -0.2) is 8.78 Å². The molecule has 3 heterocycles. The highest BCUT2D eigenvalue weighted by molar-refractivity contribution is 5.85. The number of nitrogens with zero attached hydrogens (tertiary/aromatic N) is 3. The molecule has 0 saturated carbocycles. The smallest absolute Gasteiger partial charge is 0.309 e. The molecular formula is C32H38F3N3O6. The van der Waals surface area contributed by atoms with E-state index in [4.69, 9.17) is 14.2 Å². The van der Waals surface area contributed by atoms with E-state index < -0.39 is 40.7 Å². The third kappa shape index (κ3) is 7.26. The number of ether oxygens (including phenoxy) is 3. The average Bonchev–Trinajstić information content (AvgIpc) is 3.02. The number of morpholine rings is 1. The van der Waals surface area contributed by atoms with Gasteiger partial charge in [-0.15, -0.1) is 0 Å². The standard InChI is InChI=1S/C32H38F3N3O6/c1-42-23-2-3-26-24(18-23)29(21(19-36-26)20-38-10-13-43-14-11-38)27(39)4-5-32(31(40)41)6-8-37(9-7-32)12-15-44-28-17-22(33)16-25(34)30(28)35/h2-3,16-19,27,39H,4-15,20H2,1H3,(H,40,41). The van der Waals surface area contributed by atoms with E-state index in [0.717, 1.165) is 41.2 Å². The minimum atomic E-state index is -1.32. The summed E-state index contributed by atoms with van der Waals surface area (Å²) in [5, 5.41) is 22.7. The van der Waals surface area contributed by atoms with E-state index in [-0.39, 0.29) is 19.4 Å². The van der Waals surface area contributed by atoms with Crippen LogP contribution >= 0.6 is 0 Å². The van der Waals surface area contributed by atoms with Gasteiger partial charge in [0.05, 0.1) is 37.4 Å². The number of likely N-dealkylation sites (tertiary alicyclic amines) is 1. The zero-order valence-electron chi connectivity index (χ0n) is 24.7. The Kier molecular flexibility index (Phi) is 10.2. The van der Waals surface area contributed by atoms with Gasteiger partial charge in [0.15, 0.2) is 11.6 Å². The summed E-state index contributed by atoms with van der Waals surface area (Å²) < 4.78 is 57.0. The van der Waals surface area contributed by atoms with Crippen molar-refractivity contribution in [2.45, 2.75) is 38.3 Å². The lowest BCUT2D eigenvalue weighted by Gasteiger charge is -2.39. The Bertz CT molecular complexity index is 1460. The van der Waals surface area contributed by atoms with Gasteiger partial charge in [-0.3, -0.25) is 19.6 Å². The topological polar surface area (TPSA) is 105 Å². The Morgan fingerprint density at radius 3 is 2.55 bits per heavy atom. The van der Waals surface area contributed by atoms with Gasteiger partial charge < -0.3 is 24.4 Å². The summed E-state index contributed by atoms with van der Waals surface area (Å²) in [5.74, 6) is -4.27. The number of aliphatic hydroxyl groups excluding tert-OH is 1. The quantitative estimate of drug-likeness (QED) is 0.283. The first kappa shape index (κ1) is 32.0. The molecule has 2 saturated heterocycles. The van der Waals surface area contributed by atoms with Crippen LogP contribution in [0.4, 0.5) is 13.2 Å².